The summed E-state index contributed by atoms with van der Waals surface area (Å²) in [6, 6.07) is 14.5. The van der Waals surface area contributed by atoms with Gasteiger partial charge in [-0.3, -0.25) is 9.59 Å². The molecule has 1 saturated heterocycles. The zero-order chi connectivity index (χ0) is 20.4. The summed E-state index contributed by atoms with van der Waals surface area (Å²) in [5.74, 6) is 0.373. The average molecular weight is 409 g/mol. The first kappa shape index (κ1) is 20.0. The van der Waals surface area contributed by atoms with Crippen molar-refractivity contribution >= 4 is 29.3 Å². The van der Waals surface area contributed by atoms with Gasteiger partial charge in [0.2, 0.25) is 11.8 Å². The van der Waals surface area contributed by atoms with Gasteiger partial charge in [0.1, 0.15) is 0 Å². The summed E-state index contributed by atoms with van der Waals surface area (Å²) in [5, 5.41) is 3.04. The second-order valence-corrected chi connectivity index (χ2v) is 9.40. The molecule has 2 aliphatic rings. The van der Waals surface area contributed by atoms with Crippen LogP contribution in [0.4, 0.5) is 5.69 Å². The Morgan fingerprint density at radius 3 is 2.48 bits per heavy atom. The molecule has 29 heavy (non-hydrogen) atoms. The van der Waals surface area contributed by atoms with Crippen molar-refractivity contribution in [1.82, 2.24) is 4.90 Å². The SMILES string of the molecule is Cc1ccc(C)c(Sc2ccc(NC(=O)C3CCCN(C(=O)C4CC4)C3)cc2)c1. The van der Waals surface area contributed by atoms with Crippen LogP contribution in [0.2, 0.25) is 0 Å². The monoisotopic (exact) mass is 408 g/mol. The van der Waals surface area contributed by atoms with Crippen molar-refractivity contribution in [2.24, 2.45) is 11.8 Å². The number of aryl methyl sites for hydroxylation is 2. The summed E-state index contributed by atoms with van der Waals surface area (Å²) < 4.78 is 0. The van der Waals surface area contributed by atoms with E-state index in [4.69, 9.17) is 0 Å². The lowest BCUT2D eigenvalue weighted by molar-refractivity contribution is -0.135. The minimum Gasteiger partial charge on any atom is -0.342 e. The molecule has 4 nitrogen and oxygen atoms in total. The van der Waals surface area contributed by atoms with Crippen LogP contribution in [0.25, 0.3) is 0 Å². The summed E-state index contributed by atoms with van der Waals surface area (Å²) >= 11 is 1.74. The Bertz CT molecular complexity index is 906. The topological polar surface area (TPSA) is 49.4 Å². The number of amides is 2. The first-order valence-corrected chi connectivity index (χ1v) is 11.3. The van der Waals surface area contributed by atoms with Crippen LogP contribution in [0.5, 0.6) is 0 Å². The van der Waals surface area contributed by atoms with Crippen molar-refractivity contribution in [2.75, 3.05) is 18.4 Å². The van der Waals surface area contributed by atoms with Gasteiger partial charge in [0, 0.05) is 34.5 Å². The Balaban J connectivity index is 1.35. The summed E-state index contributed by atoms with van der Waals surface area (Å²) in [6.45, 7) is 5.58. The van der Waals surface area contributed by atoms with E-state index in [1.165, 1.54) is 16.0 Å². The van der Waals surface area contributed by atoms with E-state index in [2.05, 4.69) is 37.4 Å². The second-order valence-electron chi connectivity index (χ2n) is 8.28. The van der Waals surface area contributed by atoms with Gasteiger partial charge in [-0.15, -0.1) is 0 Å². The van der Waals surface area contributed by atoms with Crippen LogP contribution < -0.4 is 5.32 Å². The number of hydrogen-bond donors (Lipinski definition) is 1. The molecule has 2 amide bonds. The minimum atomic E-state index is -0.115. The van der Waals surface area contributed by atoms with Crippen LogP contribution in [-0.4, -0.2) is 29.8 Å². The fraction of sp³-hybridized carbons (Fsp3) is 0.417. The third-order valence-electron chi connectivity index (χ3n) is 5.72. The lowest BCUT2D eigenvalue weighted by Gasteiger charge is -2.32. The molecule has 2 fully saturated rings. The van der Waals surface area contributed by atoms with Crippen molar-refractivity contribution < 1.29 is 9.59 Å². The lowest BCUT2D eigenvalue weighted by atomic mass is 9.96. The molecule has 4 rings (SSSR count). The number of nitrogens with zero attached hydrogens (tertiary/aromatic N) is 1. The summed E-state index contributed by atoms with van der Waals surface area (Å²) in [4.78, 5) is 29.3. The molecule has 1 unspecified atom stereocenters. The van der Waals surface area contributed by atoms with Gasteiger partial charge in [-0.25, -0.2) is 0 Å². The van der Waals surface area contributed by atoms with Gasteiger partial charge in [-0.2, -0.15) is 0 Å². The molecule has 5 heteroatoms. The highest BCUT2D eigenvalue weighted by Crippen LogP contribution is 2.33. The molecule has 1 aliphatic heterocycles. The number of piperidine rings is 1. The van der Waals surface area contributed by atoms with Crippen molar-refractivity contribution in [2.45, 2.75) is 49.3 Å². The van der Waals surface area contributed by atoms with Gasteiger partial charge in [0.15, 0.2) is 0 Å². The highest BCUT2D eigenvalue weighted by molar-refractivity contribution is 7.99. The van der Waals surface area contributed by atoms with Crippen molar-refractivity contribution in [3.8, 4) is 0 Å². The zero-order valence-electron chi connectivity index (χ0n) is 17.1. The molecule has 152 valence electrons. The maximum atomic E-state index is 12.7. The van der Waals surface area contributed by atoms with Crippen LogP contribution in [0.3, 0.4) is 0 Å². The zero-order valence-corrected chi connectivity index (χ0v) is 17.9. The molecule has 0 bridgehead atoms. The van der Waals surface area contributed by atoms with Gasteiger partial charge in [0.05, 0.1) is 5.92 Å². The molecule has 1 saturated carbocycles. The predicted molar refractivity (Wildman–Crippen MR) is 117 cm³/mol. The van der Waals surface area contributed by atoms with E-state index in [1.54, 1.807) is 11.8 Å². The van der Waals surface area contributed by atoms with E-state index in [9.17, 15) is 9.59 Å². The van der Waals surface area contributed by atoms with Gasteiger partial charge >= 0.3 is 0 Å². The Morgan fingerprint density at radius 1 is 1.00 bits per heavy atom. The molecule has 0 radical (unpaired) electrons. The van der Waals surface area contributed by atoms with Gasteiger partial charge in [-0.1, -0.05) is 23.9 Å². The normalized spacial score (nSPS) is 19.1. The van der Waals surface area contributed by atoms with Crippen molar-refractivity contribution in [1.29, 1.82) is 0 Å². The number of carbonyl (C=O) groups excluding carboxylic acids is 2. The van der Waals surface area contributed by atoms with Gasteiger partial charge < -0.3 is 10.2 Å². The Labute approximate surface area is 177 Å². The van der Waals surface area contributed by atoms with Crippen LogP contribution >= 0.6 is 11.8 Å². The first-order valence-electron chi connectivity index (χ1n) is 10.4. The number of anilines is 1. The fourth-order valence-electron chi connectivity index (χ4n) is 3.77. The standard InChI is InChI=1S/C24H28N2O2S/c1-16-5-6-17(2)22(14-16)29-21-11-9-20(10-12-21)25-23(27)19-4-3-13-26(15-19)24(28)18-7-8-18/h5-6,9-12,14,18-19H,3-4,7-8,13,15H2,1-2H3,(H,25,27). The van der Waals surface area contributed by atoms with E-state index in [-0.39, 0.29) is 23.7 Å². The maximum Gasteiger partial charge on any atom is 0.229 e. The number of hydrogen-bond acceptors (Lipinski definition) is 3. The molecule has 1 N–H and O–H groups in total. The quantitative estimate of drug-likeness (QED) is 0.754. The smallest absolute Gasteiger partial charge is 0.229 e. The molecule has 1 aliphatic carbocycles. The third kappa shape index (κ3) is 5.02. The van der Waals surface area contributed by atoms with Gasteiger partial charge in [0.25, 0.3) is 0 Å². The number of rotatable bonds is 5. The Morgan fingerprint density at radius 2 is 1.76 bits per heavy atom. The predicted octanol–water partition coefficient (Wildman–Crippen LogP) is 5.04. The molecular weight excluding hydrogens is 380 g/mol. The molecule has 2 aromatic carbocycles. The van der Waals surface area contributed by atoms with E-state index in [0.29, 0.717) is 6.54 Å². The van der Waals surface area contributed by atoms with E-state index in [0.717, 1.165) is 42.8 Å². The largest absolute Gasteiger partial charge is 0.342 e. The summed E-state index contributed by atoms with van der Waals surface area (Å²) in [7, 11) is 0. The molecule has 0 aromatic heterocycles. The fourth-order valence-corrected chi connectivity index (χ4v) is 4.77. The summed E-state index contributed by atoms with van der Waals surface area (Å²) in [6.07, 6.45) is 3.78. The number of likely N-dealkylation sites (tertiary alicyclic amines) is 1. The Kier molecular flexibility index (Phi) is 5.95. The van der Waals surface area contributed by atoms with E-state index < -0.39 is 0 Å². The van der Waals surface area contributed by atoms with Crippen LogP contribution in [0.15, 0.2) is 52.3 Å². The van der Waals surface area contributed by atoms with Crippen LogP contribution in [0, 0.1) is 25.7 Å². The average Bonchev–Trinajstić information content (AvgIpc) is 3.57. The number of nitrogens with one attached hydrogen (secondary N) is 1. The maximum absolute atomic E-state index is 12.7. The minimum absolute atomic E-state index is 0.0215. The molecule has 1 atom stereocenters. The first-order chi connectivity index (χ1) is 14.0. The Hall–Kier alpha value is -2.27. The highest BCUT2D eigenvalue weighted by atomic mass is 32.2. The van der Waals surface area contributed by atoms with Crippen molar-refractivity contribution in [3.63, 3.8) is 0 Å². The molecule has 1 heterocycles. The van der Waals surface area contributed by atoms with E-state index in [1.807, 2.05) is 29.2 Å². The summed E-state index contributed by atoms with van der Waals surface area (Å²) in [5.41, 5.74) is 3.33. The number of benzene rings is 2. The van der Waals surface area contributed by atoms with Crippen LogP contribution in [-0.2, 0) is 9.59 Å². The highest BCUT2D eigenvalue weighted by Gasteiger charge is 2.36. The second kappa shape index (κ2) is 8.62. The molecule has 2 aromatic rings. The third-order valence-corrected chi connectivity index (χ3v) is 6.89. The molecule has 0 spiro atoms. The van der Waals surface area contributed by atoms with Crippen LogP contribution in [0.1, 0.15) is 36.8 Å². The van der Waals surface area contributed by atoms with Gasteiger partial charge in [-0.05, 0) is 81.0 Å². The number of carbonyl (C=O) groups is 2. The van der Waals surface area contributed by atoms with E-state index >= 15 is 0 Å². The molecular formula is C24H28N2O2S. The van der Waals surface area contributed by atoms with Crippen molar-refractivity contribution in [3.05, 3.63) is 53.6 Å². The lowest BCUT2D eigenvalue weighted by Crippen LogP contribution is -2.44.